The summed E-state index contributed by atoms with van der Waals surface area (Å²) in [4.78, 5) is 14.2. The first-order valence-electron chi connectivity index (χ1n) is 9.55. The standard InChI is InChI=1S/C21H26N2O6S/c1-16-13-19(30(25,26)23-9-11-28-12-10-23)7-8-20(16)29-15-21(24)22(2)17-5-4-6-18(14-17)27-3/h4-8,13-14H,9-12,15H2,1-3H3. The molecule has 0 spiro atoms. The van der Waals surface area contributed by atoms with Crippen molar-refractivity contribution < 1.29 is 27.4 Å². The lowest BCUT2D eigenvalue weighted by Crippen LogP contribution is -2.40. The lowest BCUT2D eigenvalue weighted by molar-refractivity contribution is -0.120. The lowest BCUT2D eigenvalue weighted by Gasteiger charge is -2.26. The number of hydrogen-bond donors (Lipinski definition) is 0. The zero-order valence-corrected chi connectivity index (χ0v) is 18.1. The van der Waals surface area contributed by atoms with E-state index < -0.39 is 10.0 Å². The van der Waals surface area contributed by atoms with E-state index in [0.29, 0.717) is 49.1 Å². The molecule has 1 fully saturated rings. The number of carbonyl (C=O) groups excluding carboxylic acids is 1. The minimum absolute atomic E-state index is 0.176. The smallest absolute Gasteiger partial charge is 0.264 e. The molecule has 2 aromatic carbocycles. The van der Waals surface area contributed by atoms with Gasteiger partial charge in [0, 0.05) is 31.9 Å². The summed E-state index contributed by atoms with van der Waals surface area (Å²) >= 11 is 0. The zero-order chi connectivity index (χ0) is 21.7. The second kappa shape index (κ2) is 9.46. The van der Waals surface area contributed by atoms with Gasteiger partial charge < -0.3 is 19.1 Å². The minimum Gasteiger partial charge on any atom is -0.497 e. The molecular formula is C21H26N2O6S. The Morgan fingerprint density at radius 1 is 1.17 bits per heavy atom. The van der Waals surface area contributed by atoms with E-state index in [9.17, 15) is 13.2 Å². The third-order valence-corrected chi connectivity index (χ3v) is 6.81. The van der Waals surface area contributed by atoms with Gasteiger partial charge in [0.15, 0.2) is 6.61 Å². The number of methoxy groups -OCH3 is 1. The maximum atomic E-state index is 12.8. The van der Waals surface area contributed by atoms with Crippen LogP contribution >= 0.6 is 0 Å². The molecule has 162 valence electrons. The first-order chi connectivity index (χ1) is 14.3. The predicted molar refractivity (Wildman–Crippen MR) is 113 cm³/mol. The van der Waals surface area contributed by atoms with Crippen LogP contribution in [0.1, 0.15) is 5.56 Å². The van der Waals surface area contributed by atoms with Crippen molar-refractivity contribution in [1.82, 2.24) is 4.31 Å². The molecule has 0 saturated carbocycles. The van der Waals surface area contributed by atoms with Gasteiger partial charge >= 0.3 is 0 Å². The molecule has 0 aliphatic carbocycles. The summed E-state index contributed by atoms with van der Waals surface area (Å²) < 4.78 is 43.0. The second-order valence-electron chi connectivity index (χ2n) is 6.89. The Morgan fingerprint density at radius 3 is 2.57 bits per heavy atom. The average molecular weight is 435 g/mol. The van der Waals surface area contributed by atoms with Crippen LogP contribution in [0.3, 0.4) is 0 Å². The molecule has 1 aliphatic heterocycles. The largest absolute Gasteiger partial charge is 0.497 e. The maximum Gasteiger partial charge on any atom is 0.264 e. The van der Waals surface area contributed by atoms with Crippen LogP contribution in [0.15, 0.2) is 47.4 Å². The Balaban J connectivity index is 1.66. The summed E-state index contributed by atoms with van der Waals surface area (Å²) in [5.41, 5.74) is 1.33. The number of sulfonamides is 1. The van der Waals surface area contributed by atoms with Crippen molar-refractivity contribution in [3.8, 4) is 11.5 Å². The van der Waals surface area contributed by atoms with E-state index in [1.807, 2.05) is 0 Å². The molecular weight excluding hydrogens is 408 g/mol. The van der Waals surface area contributed by atoms with Crippen molar-refractivity contribution in [2.45, 2.75) is 11.8 Å². The first kappa shape index (κ1) is 22.1. The van der Waals surface area contributed by atoms with Gasteiger partial charge in [0.05, 0.1) is 25.2 Å². The van der Waals surface area contributed by atoms with Crippen LogP contribution < -0.4 is 14.4 Å². The van der Waals surface area contributed by atoms with Gasteiger partial charge in [-0.25, -0.2) is 8.42 Å². The van der Waals surface area contributed by atoms with E-state index in [1.165, 1.54) is 15.3 Å². The highest BCUT2D eigenvalue weighted by Gasteiger charge is 2.26. The Hall–Kier alpha value is -2.62. The van der Waals surface area contributed by atoms with Gasteiger partial charge in [-0.15, -0.1) is 0 Å². The van der Waals surface area contributed by atoms with Crippen LogP contribution in [0.4, 0.5) is 5.69 Å². The van der Waals surface area contributed by atoms with E-state index in [-0.39, 0.29) is 17.4 Å². The van der Waals surface area contributed by atoms with Crippen molar-refractivity contribution >= 4 is 21.6 Å². The SMILES string of the molecule is COc1cccc(N(C)C(=O)COc2ccc(S(=O)(=O)N3CCOCC3)cc2C)c1. The molecule has 0 aromatic heterocycles. The summed E-state index contributed by atoms with van der Waals surface area (Å²) in [6, 6.07) is 11.8. The van der Waals surface area contributed by atoms with Gasteiger partial charge in [0.2, 0.25) is 10.0 Å². The minimum atomic E-state index is -3.58. The number of amides is 1. The predicted octanol–water partition coefficient (Wildman–Crippen LogP) is 2.07. The monoisotopic (exact) mass is 434 g/mol. The average Bonchev–Trinajstić information content (AvgIpc) is 2.78. The van der Waals surface area contributed by atoms with E-state index in [4.69, 9.17) is 14.2 Å². The number of nitrogens with zero attached hydrogens (tertiary/aromatic N) is 2. The van der Waals surface area contributed by atoms with Gasteiger partial charge in [-0.05, 0) is 42.8 Å². The Kier molecular flexibility index (Phi) is 6.96. The molecule has 3 rings (SSSR count). The van der Waals surface area contributed by atoms with Crippen LogP contribution in [-0.2, 0) is 19.6 Å². The number of hydrogen-bond acceptors (Lipinski definition) is 6. The van der Waals surface area contributed by atoms with Crippen molar-refractivity contribution in [1.29, 1.82) is 0 Å². The number of likely N-dealkylation sites (N-methyl/N-ethyl adjacent to an activating group) is 1. The Morgan fingerprint density at radius 2 is 1.90 bits per heavy atom. The molecule has 0 radical (unpaired) electrons. The van der Waals surface area contributed by atoms with Crippen molar-refractivity contribution in [3.63, 3.8) is 0 Å². The number of aryl methyl sites for hydroxylation is 1. The summed E-state index contributed by atoms with van der Waals surface area (Å²) in [6.45, 7) is 3.04. The summed E-state index contributed by atoms with van der Waals surface area (Å²) in [5.74, 6) is 0.872. The molecule has 2 aromatic rings. The highest BCUT2D eigenvalue weighted by molar-refractivity contribution is 7.89. The third kappa shape index (κ3) is 4.92. The Labute approximate surface area is 177 Å². The van der Waals surface area contributed by atoms with Crippen molar-refractivity contribution in [2.24, 2.45) is 0 Å². The highest BCUT2D eigenvalue weighted by Crippen LogP contribution is 2.25. The Bertz CT molecular complexity index is 1000. The number of ether oxygens (including phenoxy) is 3. The second-order valence-corrected chi connectivity index (χ2v) is 8.82. The molecule has 0 atom stereocenters. The summed E-state index contributed by atoms with van der Waals surface area (Å²) in [7, 11) is -0.355. The van der Waals surface area contributed by atoms with Crippen molar-refractivity contribution in [2.75, 3.05) is 52.0 Å². The molecule has 1 amide bonds. The molecule has 9 heteroatoms. The van der Waals surface area contributed by atoms with Crippen LogP contribution in [0.25, 0.3) is 0 Å². The fourth-order valence-electron chi connectivity index (χ4n) is 3.08. The zero-order valence-electron chi connectivity index (χ0n) is 17.3. The highest BCUT2D eigenvalue weighted by atomic mass is 32.2. The van der Waals surface area contributed by atoms with Gasteiger partial charge in [0.1, 0.15) is 11.5 Å². The normalized spacial score (nSPS) is 14.9. The number of rotatable bonds is 7. The third-order valence-electron chi connectivity index (χ3n) is 4.92. The summed E-state index contributed by atoms with van der Waals surface area (Å²) in [6.07, 6.45) is 0. The van der Waals surface area contributed by atoms with E-state index in [0.717, 1.165) is 0 Å². The van der Waals surface area contributed by atoms with Gasteiger partial charge in [0.25, 0.3) is 5.91 Å². The molecule has 0 bridgehead atoms. The molecule has 8 nitrogen and oxygen atoms in total. The quantitative estimate of drug-likeness (QED) is 0.663. The number of morpholine rings is 1. The molecule has 0 unspecified atom stereocenters. The van der Waals surface area contributed by atoms with Gasteiger partial charge in [-0.3, -0.25) is 4.79 Å². The molecule has 1 aliphatic rings. The fourth-order valence-corrected chi connectivity index (χ4v) is 4.57. The van der Waals surface area contributed by atoms with Crippen LogP contribution in [0.5, 0.6) is 11.5 Å². The molecule has 1 saturated heterocycles. The number of anilines is 1. The first-order valence-corrected chi connectivity index (χ1v) is 11.0. The lowest BCUT2D eigenvalue weighted by atomic mass is 10.2. The topological polar surface area (TPSA) is 85.4 Å². The van der Waals surface area contributed by atoms with E-state index in [1.54, 1.807) is 57.5 Å². The van der Waals surface area contributed by atoms with Crippen LogP contribution in [0.2, 0.25) is 0 Å². The molecule has 1 heterocycles. The maximum absolute atomic E-state index is 12.8. The van der Waals surface area contributed by atoms with E-state index >= 15 is 0 Å². The van der Waals surface area contributed by atoms with Gasteiger partial charge in [-0.1, -0.05) is 6.07 Å². The summed E-state index contributed by atoms with van der Waals surface area (Å²) in [5, 5.41) is 0. The number of benzene rings is 2. The molecule has 30 heavy (non-hydrogen) atoms. The van der Waals surface area contributed by atoms with Crippen LogP contribution in [0, 0.1) is 6.92 Å². The van der Waals surface area contributed by atoms with Crippen LogP contribution in [-0.4, -0.2) is 65.7 Å². The molecule has 0 N–H and O–H groups in total. The van der Waals surface area contributed by atoms with Crippen molar-refractivity contribution in [3.05, 3.63) is 48.0 Å². The van der Waals surface area contributed by atoms with Gasteiger partial charge in [-0.2, -0.15) is 4.31 Å². The fraction of sp³-hybridized carbons (Fsp3) is 0.381. The number of carbonyl (C=O) groups is 1. The van der Waals surface area contributed by atoms with E-state index in [2.05, 4.69) is 0 Å².